The van der Waals surface area contributed by atoms with Crippen LogP contribution in [0.15, 0.2) is 42.7 Å². The third-order valence-corrected chi connectivity index (χ3v) is 4.31. The third-order valence-electron chi connectivity index (χ3n) is 4.31. The number of anilines is 1. The van der Waals surface area contributed by atoms with Gasteiger partial charge in [0.15, 0.2) is 0 Å². The van der Waals surface area contributed by atoms with Gasteiger partial charge < -0.3 is 15.7 Å². The van der Waals surface area contributed by atoms with E-state index in [1.807, 2.05) is 12.1 Å². The molecule has 3 N–H and O–H groups in total. The summed E-state index contributed by atoms with van der Waals surface area (Å²) in [6.45, 7) is 1.20. The number of pyridine rings is 2. The van der Waals surface area contributed by atoms with Gasteiger partial charge in [-0.25, -0.2) is 18.7 Å². The third kappa shape index (κ3) is 3.06. The molecule has 0 aliphatic carbocycles. The molecule has 0 spiro atoms. The Bertz CT molecular complexity index is 898. The molecule has 0 aromatic carbocycles. The van der Waals surface area contributed by atoms with Crippen molar-refractivity contribution in [2.45, 2.75) is 18.6 Å². The van der Waals surface area contributed by atoms with Gasteiger partial charge in [-0.05, 0) is 24.3 Å². The van der Waals surface area contributed by atoms with Gasteiger partial charge in [0.2, 0.25) is 0 Å². The summed E-state index contributed by atoms with van der Waals surface area (Å²) in [5.41, 5.74) is 1.76. The van der Waals surface area contributed by atoms with Crippen molar-refractivity contribution in [1.82, 2.24) is 19.7 Å². The zero-order chi connectivity index (χ0) is 17.4. The summed E-state index contributed by atoms with van der Waals surface area (Å²) >= 11 is 0. The number of hydrogen-bond donors (Lipinski definition) is 3. The zero-order valence-corrected chi connectivity index (χ0v) is 13.2. The Morgan fingerprint density at radius 2 is 2.12 bits per heavy atom. The molecule has 4 rings (SSSR count). The van der Waals surface area contributed by atoms with Crippen LogP contribution in [0, 0.1) is 0 Å². The van der Waals surface area contributed by atoms with E-state index >= 15 is 0 Å². The second-order valence-electron chi connectivity index (χ2n) is 6.02. The molecule has 3 aromatic heterocycles. The first-order chi connectivity index (χ1) is 12.1. The van der Waals surface area contributed by atoms with E-state index < -0.39 is 12.5 Å². The molecular weight excluding hydrogens is 328 g/mol. The smallest absolute Gasteiger partial charge is 0.265 e. The largest absolute Gasteiger partial charge is 0.390 e. The number of alkyl halides is 2. The van der Waals surface area contributed by atoms with Crippen LogP contribution < -0.4 is 10.6 Å². The molecule has 1 aliphatic heterocycles. The molecule has 3 aromatic rings. The van der Waals surface area contributed by atoms with Crippen LogP contribution in [0.4, 0.5) is 14.6 Å². The normalized spacial score (nSPS) is 20.5. The standard InChI is InChI=1S/C17H17F2N5O/c18-17(19)10-4-5-16-21-7-13(24(16)9-10)11-2-1-3-15(22-11)23-12-6-20-8-14(12)25/h1-5,7,9,12,14,17,20,25H,6,8H2,(H,22,23). The van der Waals surface area contributed by atoms with E-state index in [0.717, 1.165) is 0 Å². The van der Waals surface area contributed by atoms with Crippen LogP contribution in [0.1, 0.15) is 12.0 Å². The highest BCUT2D eigenvalue weighted by atomic mass is 19.3. The predicted molar refractivity (Wildman–Crippen MR) is 89.7 cm³/mol. The van der Waals surface area contributed by atoms with E-state index in [-0.39, 0.29) is 11.6 Å². The minimum Gasteiger partial charge on any atom is -0.390 e. The van der Waals surface area contributed by atoms with Gasteiger partial charge in [0.1, 0.15) is 11.5 Å². The maximum Gasteiger partial charge on any atom is 0.265 e. The Hall–Kier alpha value is -2.58. The Morgan fingerprint density at radius 1 is 1.24 bits per heavy atom. The first-order valence-electron chi connectivity index (χ1n) is 8.00. The van der Waals surface area contributed by atoms with Crippen molar-refractivity contribution in [1.29, 1.82) is 0 Å². The first kappa shape index (κ1) is 15.9. The summed E-state index contributed by atoms with van der Waals surface area (Å²) < 4.78 is 27.6. The quantitative estimate of drug-likeness (QED) is 0.675. The lowest BCUT2D eigenvalue weighted by atomic mass is 10.2. The van der Waals surface area contributed by atoms with Gasteiger partial charge in [0.25, 0.3) is 6.43 Å². The molecule has 4 heterocycles. The number of nitrogens with zero attached hydrogens (tertiary/aromatic N) is 3. The molecule has 0 bridgehead atoms. The maximum absolute atomic E-state index is 13.0. The van der Waals surface area contributed by atoms with Crippen LogP contribution in [0.5, 0.6) is 0 Å². The molecule has 130 valence electrons. The number of β-amino-alcohol motifs (C(OH)–C–C–N with tert-alkyl or cyclic N) is 1. The zero-order valence-electron chi connectivity index (χ0n) is 13.2. The van der Waals surface area contributed by atoms with Crippen molar-refractivity contribution in [3.8, 4) is 11.4 Å². The first-order valence-corrected chi connectivity index (χ1v) is 8.00. The predicted octanol–water partition coefficient (Wildman–Crippen LogP) is 2.08. The maximum atomic E-state index is 13.0. The van der Waals surface area contributed by atoms with Gasteiger partial charge in [0, 0.05) is 24.8 Å². The van der Waals surface area contributed by atoms with E-state index in [2.05, 4.69) is 20.6 Å². The average Bonchev–Trinajstić information content (AvgIpc) is 3.21. The summed E-state index contributed by atoms with van der Waals surface area (Å²) in [5, 5.41) is 16.2. The van der Waals surface area contributed by atoms with Crippen LogP contribution in [-0.4, -0.2) is 44.7 Å². The molecule has 25 heavy (non-hydrogen) atoms. The number of halogens is 2. The van der Waals surface area contributed by atoms with Crippen LogP contribution in [0.25, 0.3) is 17.0 Å². The number of fused-ring (bicyclic) bond motifs is 1. The molecule has 2 atom stereocenters. The number of aliphatic hydroxyl groups is 1. The molecule has 1 fully saturated rings. The highest BCUT2D eigenvalue weighted by Gasteiger charge is 2.25. The van der Waals surface area contributed by atoms with E-state index in [4.69, 9.17) is 0 Å². The van der Waals surface area contributed by atoms with Gasteiger partial charge in [0.05, 0.1) is 29.7 Å². The Labute approximate surface area is 142 Å². The summed E-state index contributed by atoms with van der Waals surface area (Å²) in [6.07, 6.45) is -0.0240. The number of rotatable bonds is 4. The Balaban J connectivity index is 1.68. The summed E-state index contributed by atoms with van der Waals surface area (Å²) in [4.78, 5) is 8.79. The molecule has 0 radical (unpaired) electrons. The number of hydrogen-bond acceptors (Lipinski definition) is 5. The van der Waals surface area contributed by atoms with E-state index in [1.165, 1.54) is 12.3 Å². The SMILES string of the molecule is OC1CNCC1Nc1cccc(-c2cnc3ccc(C(F)F)cn23)n1. The summed E-state index contributed by atoms with van der Waals surface area (Å²) in [5.74, 6) is 0.616. The molecule has 1 saturated heterocycles. The van der Waals surface area contributed by atoms with E-state index in [1.54, 1.807) is 22.7 Å². The van der Waals surface area contributed by atoms with Crippen molar-refractivity contribution in [2.75, 3.05) is 18.4 Å². The molecule has 0 amide bonds. The highest BCUT2D eigenvalue weighted by molar-refractivity contribution is 5.62. The number of aliphatic hydroxyl groups excluding tert-OH is 1. The van der Waals surface area contributed by atoms with Crippen molar-refractivity contribution in [3.63, 3.8) is 0 Å². The lowest BCUT2D eigenvalue weighted by Gasteiger charge is -2.16. The van der Waals surface area contributed by atoms with Gasteiger partial charge in [-0.2, -0.15) is 0 Å². The van der Waals surface area contributed by atoms with E-state index in [9.17, 15) is 13.9 Å². The minimum atomic E-state index is -2.54. The lowest BCUT2D eigenvalue weighted by molar-refractivity contribution is 0.151. The lowest BCUT2D eigenvalue weighted by Crippen LogP contribution is -2.32. The summed E-state index contributed by atoms with van der Waals surface area (Å²) in [7, 11) is 0. The molecule has 8 heteroatoms. The molecule has 2 unspecified atom stereocenters. The molecule has 6 nitrogen and oxygen atoms in total. The van der Waals surface area contributed by atoms with Crippen LogP contribution in [-0.2, 0) is 0 Å². The Kier molecular flexibility index (Phi) is 4.06. The fourth-order valence-corrected chi connectivity index (χ4v) is 2.98. The number of imidazole rings is 1. The second-order valence-corrected chi connectivity index (χ2v) is 6.02. The highest BCUT2D eigenvalue weighted by Crippen LogP contribution is 2.24. The van der Waals surface area contributed by atoms with Gasteiger partial charge in [-0.3, -0.25) is 4.40 Å². The van der Waals surface area contributed by atoms with Crippen LogP contribution >= 0.6 is 0 Å². The van der Waals surface area contributed by atoms with Crippen molar-refractivity contribution < 1.29 is 13.9 Å². The van der Waals surface area contributed by atoms with Gasteiger partial charge in [-0.1, -0.05) is 6.07 Å². The monoisotopic (exact) mass is 345 g/mol. The van der Waals surface area contributed by atoms with E-state index in [0.29, 0.717) is 35.9 Å². The Morgan fingerprint density at radius 3 is 2.88 bits per heavy atom. The van der Waals surface area contributed by atoms with Crippen molar-refractivity contribution in [3.05, 3.63) is 48.3 Å². The summed E-state index contributed by atoms with van der Waals surface area (Å²) in [6, 6.07) is 8.26. The second kappa shape index (κ2) is 6.38. The number of nitrogens with one attached hydrogen (secondary N) is 2. The fraction of sp³-hybridized carbons (Fsp3) is 0.294. The fourth-order valence-electron chi connectivity index (χ4n) is 2.98. The average molecular weight is 345 g/mol. The molecule has 1 aliphatic rings. The van der Waals surface area contributed by atoms with Gasteiger partial charge >= 0.3 is 0 Å². The number of aromatic nitrogens is 3. The van der Waals surface area contributed by atoms with Crippen molar-refractivity contribution >= 4 is 11.5 Å². The van der Waals surface area contributed by atoms with Crippen LogP contribution in [0.2, 0.25) is 0 Å². The van der Waals surface area contributed by atoms with Gasteiger partial charge in [-0.15, -0.1) is 0 Å². The topological polar surface area (TPSA) is 74.5 Å². The minimum absolute atomic E-state index is 0.0684. The van der Waals surface area contributed by atoms with Crippen LogP contribution in [0.3, 0.4) is 0 Å². The molecular formula is C17H17F2N5O. The molecule has 0 saturated carbocycles. The van der Waals surface area contributed by atoms with Crippen molar-refractivity contribution in [2.24, 2.45) is 0 Å².